The summed E-state index contributed by atoms with van der Waals surface area (Å²) in [5, 5.41) is 2.23. The summed E-state index contributed by atoms with van der Waals surface area (Å²) < 4.78 is 45.2. The van der Waals surface area contributed by atoms with Crippen molar-refractivity contribution >= 4 is 51.9 Å². The highest BCUT2D eigenvalue weighted by Gasteiger charge is 2.34. The van der Waals surface area contributed by atoms with E-state index in [0.717, 1.165) is 17.2 Å². The molecule has 1 saturated heterocycles. The SMILES string of the molecule is O=C(COc1ccc(/C=C2\SC(=S)N(CCc3ccccc3)C2=O)cc1)Nc1ccccc1C(F)(F)F. The lowest BCUT2D eigenvalue weighted by Gasteiger charge is -2.14. The third kappa shape index (κ3) is 6.99. The number of ether oxygens (including phenoxy) is 1. The van der Waals surface area contributed by atoms with Crippen LogP contribution in [-0.2, 0) is 22.2 Å². The quantitative estimate of drug-likeness (QED) is 0.273. The Morgan fingerprint density at radius 1 is 1.00 bits per heavy atom. The molecule has 1 N–H and O–H groups in total. The van der Waals surface area contributed by atoms with E-state index >= 15 is 0 Å². The maximum atomic E-state index is 13.1. The standard InChI is InChI=1S/C27H21F3N2O3S2/c28-27(29,30)21-8-4-5-9-22(21)31-24(33)17-35-20-12-10-19(11-13-20)16-23-25(34)32(26(36)37-23)15-14-18-6-2-1-3-7-18/h1-13,16H,14-15,17H2,(H,31,33)/b23-16-. The number of thiocarbonyl (C=S) groups is 1. The lowest BCUT2D eigenvalue weighted by molar-refractivity contribution is -0.137. The molecular weight excluding hydrogens is 521 g/mol. The van der Waals surface area contributed by atoms with Crippen LogP contribution < -0.4 is 10.1 Å². The zero-order valence-corrected chi connectivity index (χ0v) is 21.0. The van der Waals surface area contributed by atoms with E-state index in [4.69, 9.17) is 17.0 Å². The molecule has 1 aliphatic heterocycles. The van der Waals surface area contributed by atoms with Gasteiger partial charge < -0.3 is 10.1 Å². The fraction of sp³-hybridized carbons (Fsp3) is 0.148. The van der Waals surface area contributed by atoms with E-state index in [1.807, 2.05) is 30.3 Å². The summed E-state index contributed by atoms with van der Waals surface area (Å²) in [7, 11) is 0. The van der Waals surface area contributed by atoms with Gasteiger partial charge in [0.05, 0.1) is 16.2 Å². The van der Waals surface area contributed by atoms with Crippen LogP contribution in [0, 0.1) is 0 Å². The van der Waals surface area contributed by atoms with Gasteiger partial charge in [0.15, 0.2) is 6.61 Å². The monoisotopic (exact) mass is 542 g/mol. The zero-order valence-electron chi connectivity index (χ0n) is 19.3. The van der Waals surface area contributed by atoms with Gasteiger partial charge in [-0.3, -0.25) is 14.5 Å². The number of benzene rings is 3. The van der Waals surface area contributed by atoms with E-state index in [1.54, 1.807) is 35.2 Å². The third-order valence-corrected chi connectivity index (χ3v) is 6.77. The second-order valence-electron chi connectivity index (χ2n) is 8.02. The highest BCUT2D eigenvalue weighted by atomic mass is 32.2. The third-order valence-electron chi connectivity index (χ3n) is 5.39. The fourth-order valence-electron chi connectivity index (χ4n) is 3.56. The Labute approximate surface area is 221 Å². The van der Waals surface area contributed by atoms with Crippen LogP contribution >= 0.6 is 24.0 Å². The van der Waals surface area contributed by atoms with Gasteiger partial charge in [-0.1, -0.05) is 78.6 Å². The predicted molar refractivity (Wildman–Crippen MR) is 142 cm³/mol. The maximum absolute atomic E-state index is 13.1. The summed E-state index contributed by atoms with van der Waals surface area (Å²) in [6, 6.07) is 21.2. The summed E-state index contributed by atoms with van der Waals surface area (Å²) in [6.07, 6.45) is -2.16. The van der Waals surface area contributed by atoms with Gasteiger partial charge in [-0.05, 0) is 47.9 Å². The Kier molecular flexibility index (Phi) is 8.30. The summed E-state index contributed by atoms with van der Waals surface area (Å²) in [6.45, 7) is 0.0277. The van der Waals surface area contributed by atoms with Crippen LogP contribution in [0.5, 0.6) is 5.75 Å². The number of halogens is 3. The Morgan fingerprint density at radius 2 is 1.68 bits per heavy atom. The summed E-state index contributed by atoms with van der Waals surface area (Å²) in [5.74, 6) is -0.520. The Balaban J connectivity index is 1.32. The Hall–Kier alpha value is -3.63. The second-order valence-corrected chi connectivity index (χ2v) is 9.69. The van der Waals surface area contributed by atoms with Gasteiger partial charge in [0, 0.05) is 6.54 Å². The number of thioether (sulfide) groups is 1. The number of hydrogen-bond donors (Lipinski definition) is 1. The predicted octanol–water partition coefficient (Wildman–Crippen LogP) is 6.17. The normalized spacial score (nSPS) is 14.8. The molecule has 1 aliphatic rings. The first-order valence-electron chi connectivity index (χ1n) is 11.2. The molecule has 0 radical (unpaired) electrons. The summed E-state index contributed by atoms with van der Waals surface area (Å²) in [5.41, 5.74) is 0.590. The smallest absolute Gasteiger partial charge is 0.418 e. The van der Waals surface area contributed by atoms with Crippen molar-refractivity contribution in [2.45, 2.75) is 12.6 Å². The summed E-state index contributed by atoms with van der Waals surface area (Å²) in [4.78, 5) is 27.1. The van der Waals surface area contributed by atoms with Crippen molar-refractivity contribution < 1.29 is 27.5 Å². The first kappa shape index (κ1) is 26.4. The molecule has 0 bridgehead atoms. The summed E-state index contributed by atoms with van der Waals surface area (Å²) >= 11 is 6.63. The molecule has 190 valence electrons. The van der Waals surface area contributed by atoms with Crippen molar-refractivity contribution in [3.63, 3.8) is 0 Å². The molecule has 1 heterocycles. The van der Waals surface area contributed by atoms with E-state index < -0.39 is 24.3 Å². The van der Waals surface area contributed by atoms with Gasteiger partial charge in [-0.25, -0.2) is 0 Å². The van der Waals surface area contributed by atoms with Gasteiger partial charge in [-0.15, -0.1) is 0 Å². The molecule has 1 fully saturated rings. The maximum Gasteiger partial charge on any atom is 0.418 e. The average molecular weight is 543 g/mol. The minimum atomic E-state index is -4.59. The molecule has 2 amide bonds. The van der Waals surface area contributed by atoms with Crippen LogP contribution in [0.1, 0.15) is 16.7 Å². The van der Waals surface area contributed by atoms with Crippen molar-refractivity contribution in [2.75, 3.05) is 18.5 Å². The van der Waals surface area contributed by atoms with Crippen LogP contribution in [0.25, 0.3) is 6.08 Å². The highest BCUT2D eigenvalue weighted by molar-refractivity contribution is 8.26. The molecule has 0 spiro atoms. The first-order chi connectivity index (χ1) is 17.7. The highest BCUT2D eigenvalue weighted by Crippen LogP contribution is 2.35. The number of para-hydroxylation sites is 1. The number of rotatable bonds is 8. The van der Waals surface area contributed by atoms with Crippen molar-refractivity contribution in [3.05, 3.63) is 100 Å². The molecule has 3 aromatic carbocycles. The van der Waals surface area contributed by atoms with Crippen LogP contribution in [0.3, 0.4) is 0 Å². The van der Waals surface area contributed by atoms with Gasteiger partial charge in [0.1, 0.15) is 10.1 Å². The van der Waals surface area contributed by atoms with Gasteiger partial charge in [-0.2, -0.15) is 13.2 Å². The van der Waals surface area contributed by atoms with E-state index in [0.29, 0.717) is 27.9 Å². The van der Waals surface area contributed by atoms with Crippen LogP contribution in [-0.4, -0.2) is 34.2 Å². The van der Waals surface area contributed by atoms with Crippen LogP contribution in [0.4, 0.5) is 18.9 Å². The number of nitrogens with one attached hydrogen (secondary N) is 1. The van der Waals surface area contributed by atoms with Gasteiger partial charge in [0.2, 0.25) is 0 Å². The van der Waals surface area contributed by atoms with E-state index in [2.05, 4.69) is 5.32 Å². The molecule has 10 heteroatoms. The molecule has 0 atom stereocenters. The van der Waals surface area contributed by atoms with Crippen LogP contribution in [0.2, 0.25) is 0 Å². The second kappa shape index (κ2) is 11.6. The Morgan fingerprint density at radius 3 is 2.38 bits per heavy atom. The molecule has 4 rings (SSSR count). The van der Waals surface area contributed by atoms with Crippen molar-refractivity contribution in [1.29, 1.82) is 0 Å². The number of amides is 2. The van der Waals surface area contributed by atoms with Crippen molar-refractivity contribution in [3.8, 4) is 5.75 Å². The minimum absolute atomic E-state index is 0.151. The molecule has 0 aromatic heterocycles. The molecule has 0 saturated carbocycles. The fourth-order valence-corrected chi connectivity index (χ4v) is 4.87. The van der Waals surface area contributed by atoms with Gasteiger partial charge in [0.25, 0.3) is 11.8 Å². The number of alkyl halides is 3. The molecular formula is C27H21F3N2O3S2. The Bertz CT molecular complexity index is 1330. The molecule has 37 heavy (non-hydrogen) atoms. The number of carbonyl (C=O) groups excluding carboxylic acids is 2. The first-order valence-corrected chi connectivity index (χ1v) is 12.4. The molecule has 0 aliphatic carbocycles. The average Bonchev–Trinajstić information content (AvgIpc) is 3.14. The van der Waals surface area contributed by atoms with E-state index in [9.17, 15) is 22.8 Å². The largest absolute Gasteiger partial charge is 0.484 e. The van der Waals surface area contributed by atoms with Crippen LogP contribution in [0.15, 0.2) is 83.8 Å². The van der Waals surface area contributed by atoms with E-state index in [-0.39, 0.29) is 11.6 Å². The van der Waals surface area contributed by atoms with Crippen molar-refractivity contribution in [1.82, 2.24) is 4.90 Å². The lowest BCUT2D eigenvalue weighted by atomic mass is 10.1. The van der Waals surface area contributed by atoms with Crippen molar-refractivity contribution in [2.24, 2.45) is 0 Å². The minimum Gasteiger partial charge on any atom is -0.484 e. The van der Waals surface area contributed by atoms with Gasteiger partial charge >= 0.3 is 6.18 Å². The lowest BCUT2D eigenvalue weighted by Crippen LogP contribution is -2.30. The number of nitrogens with zero attached hydrogens (tertiary/aromatic N) is 1. The topological polar surface area (TPSA) is 58.6 Å². The number of hydrogen-bond acceptors (Lipinski definition) is 5. The molecule has 5 nitrogen and oxygen atoms in total. The molecule has 0 unspecified atom stereocenters. The number of carbonyl (C=O) groups is 2. The molecule has 3 aromatic rings. The van der Waals surface area contributed by atoms with E-state index in [1.165, 1.54) is 30.0 Å². The number of anilines is 1. The zero-order chi connectivity index (χ0) is 26.4.